The largest absolute Gasteiger partial charge is 0.460 e. The Hall–Kier alpha value is -1.42. The number of ketones is 1. The molecule has 0 amide bonds. The number of hydrogen-bond acceptors (Lipinski definition) is 3. The smallest absolute Gasteiger partial charge is 0.379 e. The third-order valence-corrected chi connectivity index (χ3v) is 2.14. The lowest BCUT2D eigenvalue weighted by Gasteiger charge is -2.05. The van der Waals surface area contributed by atoms with Crippen molar-refractivity contribution in [2.24, 2.45) is 0 Å². The zero-order valence-electron chi connectivity index (χ0n) is 8.84. The van der Waals surface area contributed by atoms with E-state index >= 15 is 0 Å². The van der Waals surface area contributed by atoms with E-state index in [9.17, 15) is 14.0 Å². The van der Waals surface area contributed by atoms with E-state index < -0.39 is 17.6 Å². The zero-order valence-corrected chi connectivity index (χ0v) is 9.60. The van der Waals surface area contributed by atoms with Crippen LogP contribution < -0.4 is 0 Å². The molecule has 1 aromatic rings. The second-order valence-corrected chi connectivity index (χ2v) is 3.57. The van der Waals surface area contributed by atoms with Crippen molar-refractivity contribution in [2.75, 3.05) is 6.61 Å². The van der Waals surface area contributed by atoms with Gasteiger partial charge in [-0.1, -0.05) is 11.6 Å². The van der Waals surface area contributed by atoms with Gasteiger partial charge in [0.15, 0.2) is 0 Å². The Balaban J connectivity index is 3.13. The van der Waals surface area contributed by atoms with Gasteiger partial charge in [-0.15, -0.1) is 0 Å². The van der Waals surface area contributed by atoms with Gasteiger partial charge >= 0.3 is 5.97 Å². The van der Waals surface area contributed by atoms with E-state index in [1.807, 2.05) is 0 Å². The SMILES string of the molecule is CCOC(=O)C(=O)c1cc(Cl)cc(C)c1F. The number of hydrogen-bond donors (Lipinski definition) is 0. The fourth-order valence-corrected chi connectivity index (χ4v) is 1.47. The summed E-state index contributed by atoms with van der Waals surface area (Å²) >= 11 is 5.68. The molecule has 0 aromatic heterocycles. The lowest BCUT2D eigenvalue weighted by atomic mass is 10.1. The molecule has 86 valence electrons. The number of ether oxygens (including phenoxy) is 1. The van der Waals surface area contributed by atoms with Crippen molar-refractivity contribution in [1.29, 1.82) is 0 Å². The quantitative estimate of drug-likeness (QED) is 0.466. The predicted molar refractivity (Wildman–Crippen MR) is 57.1 cm³/mol. The first-order chi connectivity index (χ1) is 7.47. The standard InChI is InChI=1S/C11H10ClFO3/c1-3-16-11(15)10(14)8-5-7(12)4-6(2)9(8)13/h4-5H,3H2,1-2H3. The van der Waals surface area contributed by atoms with Crippen molar-refractivity contribution < 1.29 is 18.7 Å². The number of halogens is 2. The number of esters is 1. The number of Topliss-reactive ketones (excluding diaryl/α,β-unsaturated/α-hetero) is 1. The second-order valence-electron chi connectivity index (χ2n) is 3.13. The first-order valence-corrected chi connectivity index (χ1v) is 5.02. The van der Waals surface area contributed by atoms with E-state index in [0.717, 1.165) is 6.07 Å². The molecule has 0 aliphatic rings. The number of rotatable bonds is 3. The molecule has 3 nitrogen and oxygen atoms in total. The van der Waals surface area contributed by atoms with Crippen molar-refractivity contribution in [3.63, 3.8) is 0 Å². The highest BCUT2D eigenvalue weighted by molar-refractivity contribution is 6.41. The van der Waals surface area contributed by atoms with Gasteiger partial charge in [0.05, 0.1) is 12.2 Å². The molecule has 0 unspecified atom stereocenters. The topological polar surface area (TPSA) is 43.4 Å². The highest BCUT2D eigenvalue weighted by atomic mass is 35.5. The van der Waals surface area contributed by atoms with Crippen LogP contribution in [0.2, 0.25) is 5.02 Å². The molecule has 0 atom stereocenters. The molecular weight excluding hydrogens is 235 g/mol. The molecule has 0 saturated carbocycles. The average Bonchev–Trinajstić information content (AvgIpc) is 2.22. The third-order valence-electron chi connectivity index (χ3n) is 1.92. The maximum absolute atomic E-state index is 13.5. The van der Waals surface area contributed by atoms with Crippen LogP contribution in [0.25, 0.3) is 0 Å². The first-order valence-electron chi connectivity index (χ1n) is 4.64. The fraction of sp³-hybridized carbons (Fsp3) is 0.273. The van der Waals surface area contributed by atoms with Crippen molar-refractivity contribution >= 4 is 23.4 Å². The van der Waals surface area contributed by atoms with Crippen molar-refractivity contribution in [1.82, 2.24) is 0 Å². The molecule has 16 heavy (non-hydrogen) atoms. The van der Waals surface area contributed by atoms with E-state index in [-0.39, 0.29) is 22.8 Å². The molecule has 0 spiro atoms. The van der Waals surface area contributed by atoms with E-state index in [1.54, 1.807) is 6.92 Å². The van der Waals surface area contributed by atoms with Crippen LogP contribution >= 0.6 is 11.6 Å². The Morgan fingerprint density at radius 1 is 1.44 bits per heavy atom. The summed E-state index contributed by atoms with van der Waals surface area (Å²) in [5.74, 6) is -2.85. The van der Waals surface area contributed by atoms with Crippen LogP contribution in [0.4, 0.5) is 4.39 Å². The molecule has 0 N–H and O–H groups in total. The molecule has 0 bridgehead atoms. The summed E-state index contributed by atoms with van der Waals surface area (Å²) in [6.45, 7) is 3.08. The minimum atomic E-state index is -1.08. The molecule has 5 heteroatoms. The Bertz CT molecular complexity index is 443. The first kappa shape index (κ1) is 12.6. The van der Waals surface area contributed by atoms with E-state index in [2.05, 4.69) is 4.74 Å². The van der Waals surface area contributed by atoms with E-state index in [4.69, 9.17) is 11.6 Å². The maximum atomic E-state index is 13.5. The summed E-state index contributed by atoms with van der Waals surface area (Å²) in [5.41, 5.74) is -0.149. The highest BCUT2D eigenvalue weighted by Gasteiger charge is 2.22. The number of carbonyl (C=O) groups excluding carboxylic acids is 2. The van der Waals surface area contributed by atoms with E-state index in [1.165, 1.54) is 13.0 Å². The molecule has 1 aromatic carbocycles. The molecule has 0 fully saturated rings. The van der Waals surface area contributed by atoms with Gasteiger partial charge in [-0.05, 0) is 31.5 Å². The molecule has 0 saturated heterocycles. The Labute approximate surface area is 97.2 Å². The summed E-state index contributed by atoms with van der Waals surface area (Å²) in [4.78, 5) is 22.6. The second kappa shape index (κ2) is 5.07. The van der Waals surface area contributed by atoms with Gasteiger partial charge in [-0.25, -0.2) is 9.18 Å². The molecule has 1 rings (SSSR count). The molecule has 0 radical (unpaired) electrons. The van der Waals surface area contributed by atoms with Crippen LogP contribution in [-0.2, 0) is 9.53 Å². The summed E-state index contributed by atoms with van der Waals surface area (Å²) in [7, 11) is 0. The van der Waals surface area contributed by atoms with Crippen molar-refractivity contribution in [3.05, 3.63) is 34.1 Å². The molecular formula is C11H10ClFO3. The summed E-state index contributed by atoms with van der Waals surface area (Å²) in [5, 5.41) is 0.201. The van der Waals surface area contributed by atoms with Gasteiger partial charge in [0.1, 0.15) is 5.82 Å². The third kappa shape index (κ3) is 2.58. The van der Waals surface area contributed by atoms with E-state index in [0.29, 0.717) is 0 Å². The van der Waals surface area contributed by atoms with Crippen molar-refractivity contribution in [2.45, 2.75) is 13.8 Å². The van der Waals surface area contributed by atoms with Crippen LogP contribution in [0, 0.1) is 12.7 Å². The summed E-state index contributed by atoms with van der Waals surface area (Å²) < 4.78 is 18.0. The van der Waals surface area contributed by atoms with Crippen LogP contribution in [-0.4, -0.2) is 18.4 Å². The maximum Gasteiger partial charge on any atom is 0.379 e. The van der Waals surface area contributed by atoms with Crippen LogP contribution in [0.5, 0.6) is 0 Å². The van der Waals surface area contributed by atoms with Gasteiger partial charge < -0.3 is 4.74 Å². The summed E-state index contributed by atoms with van der Waals surface area (Å²) in [6, 6.07) is 2.49. The highest BCUT2D eigenvalue weighted by Crippen LogP contribution is 2.20. The minimum absolute atomic E-state index is 0.0613. The zero-order chi connectivity index (χ0) is 12.3. The fourth-order valence-electron chi connectivity index (χ4n) is 1.20. The summed E-state index contributed by atoms with van der Waals surface area (Å²) in [6.07, 6.45) is 0. The lowest BCUT2D eigenvalue weighted by molar-refractivity contribution is -0.137. The Morgan fingerprint density at radius 3 is 2.62 bits per heavy atom. The molecule has 0 aliphatic heterocycles. The van der Waals surface area contributed by atoms with Gasteiger partial charge in [-0.2, -0.15) is 0 Å². The Morgan fingerprint density at radius 2 is 2.06 bits per heavy atom. The molecule has 0 heterocycles. The monoisotopic (exact) mass is 244 g/mol. The van der Waals surface area contributed by atoms with Crippen LogP contribution in [0.15, 0.2) is 12.1 Å². The van der Waals surface area contributed by atoms with Crippen LogP contribution in [0.3, 0.4) is 0 Å². The van der Waals surface area contributed by atoms with Gasteiger partial charge in [0.25, 0.3) is 5.78 Å². The minimum Gasteiger partial charge on any atom is -0.460 e. The predicted octanol–water partition coefficient (Wildman–Crippen LogP) is 2.53. The normalized spacial score (nSPS) is 10.0. The van der Waals surface area contributed by atoms with Gasteiger partial charge in [0, 0.05) is 5.02 Å². The van der Waals surface area contributed by atoms with Gasteiger partial charge in [-0.3, -0.25) is 4.79 Å². The molecule has 0 aliphatic carbocycles. The number of carbonyl (C=O) groups is 2. The Kier molecular flexibility index (Phi) is 4.01. The number of benzene rings is 1. The van der Waals surface area contributed by atoms with Gasteiger partial charge in [0.2, 0.25) is 0 Å². The lowest BCUT2D eigenvalue weighted by Crippen LogP contribution is -2.19. The van der Waals surface area contributed by atoms with Crippen molar-refractivity contribution in [3.8, 4) is 0 Å². The average molecular weight is 245 g/mol. The van der Waals surface area contributed by atoms with Crippen LogP contribution in [0.1, 0.15) is 22.8 Å². The number of aryl methyl sites for hydroxylation is 1.